The zero-order valence-corrected chi connectivity index (χ0v) is 19.0. The number of likely N-dealkylation sites (tertiary alicyclic amines) is 1. The predicted octanol–water partition coefficient (Wildman–Crippen LogP) is 4.70. The lowest BCUT2D eigenvalue weighted by Crippen LogP contribution is -2.39. The Morgan fingerprint density at radius 2 is 1.97 bits per heavy atom. The van der Waals surface area contributed by atoms with Gasteiger partial charge in [-0.15, -0.1) is 0 Å². The molecule has 1 saturated carbocycles. The van der Waals surface area contributed by atoms with Crippen molar-refractivity contribution in [3.05, 3.63) is 60.7 Å². The second-order valence-electron chi connectivity index (χ2n) is 9.02. The first-order valence-electron chi connectivity index (χ1n) is 11.6. The van der Waals surface area contributed by atoms with Gasteiger partial charge in [-0.05, 0) is 82.7 Å². The normalized spacial score (nSPS) is 17.4. The van der Waals surface area contributed by atoms with Gasteiger partial charge in [0.05, 0.1) is 11.7 Å². The number of nitrogens with one attached hydrogen (secondary N) is 2. The topological polar surface area (TPSA) is 61.3 Å². The van der Waals surface area contributed by atoms with Crippen LogP contribution in [0.5, 0.6) is 0 Å². The SMILES string of the molecule is C=Cc1cnn2ccc(-c3c[nH]c4nc(C5CC5)ccc34)cc12.CNC1CCN(C)CC1. The van der Waals surface area contributed by atoms with Gasteiger partial charge < -0.3 is 15.2 Å². The van der Waals surface area contributed by atoms with Crippen LogP contribution in [0.2, 0.25) is 0 Å². The van der Waals surface area contributed by atoms with E-state index in [2.05, 4.69) is 65.2 Å². The van der Waals surface area contributed by atoms with E-state index < -0.39 is 0 Å². The summed E-state index contributed by atoms with van der Waals surface area (Å²) in [6, 6.07) is 9.38. The maximum absolute atomic E-state index is 4.78. The molecule has 0 amide bonds. The largest absolute Gasteiger partial charge is 0.346 e. The molecule has 1 aliphatic carbocycles. The van der Waals surface area contributed by atoms with Gasteiger partial charge in [-0.1, -0.05) is 12.7 Å². The number of aromatic amines is 1. The summed E-state index contributed by atoms with van der Waals surface area (Å²) in [5.41, 5.74) is 6.63. The summed E-state index contributed by atoms with van der Waals surface area (Å²) in [4.78, 5) is 10.5. The Kier molecular flexibility index (Phi) is 5.81. The third kappa shape index (κ3) is 4.20. The first kappa shape index (κ1) is 20.9. The van der Waals surface area contributed by atoms with Gasteiger partial charge in [0.15, 0.2) is 0 Å². The summed E-state index contributed by atoms with van der Waals surface area (Å²) < 4.78 is 1.87. The van der Waals surface area contributed by atoms with Crippen molar-refractivity contribution < 1.29 is 0 Å². The highest BCUT2D eigenvalue weighted by Crippen LogP contribution is 2.40. The summed E-state index contributed by atoms with van der Waals surface area (Å²) >= 11 is 0. The highest BCUT2D eigenvalue weighted by atomic mass is 15.2. The maximum Gasteiger partial charge on any atom is 0.138 e. The predicted molar refractivity (Wildman–Crippen MR) is 132 cm³/mol. The zero-order chi connectivity index (χ0) is 22.1. The smallest absolute Gasteiger partial charge is 0.138 e. The fraction of sp³-hybridized carbons (Fsp3) is 0.385. The Balaban J connectivity index is 0.000000203. The Hall–Kier alpha value is -2.96. The average molecular weight is 429 g/mol. The molecule has 6 rings (SSSR count). The van der Waals surface area contributed by atoms with Crippen LogP contribution in [-0.2, 0) is 0 Å². The molecule has 0 bridgehead atoms. The van der Waals surface area contributed by atoms with E-state index in [-0.39, 0.29) is 0 Å². The molecule has 2 fully saturated rings. The molecule has 32 heavy (non-hydrogen) atoms. The quantitative estimate of drug-likeness (QED) is 0.495. The molecular weight excluding hydrogens is 396 g/mol. The van der Waals surface area contributed by atoms with Crippen molar-refractivity contribution in [2.75, 3.05) is 27.2 Å². The number of hydrogen-bond donors (Lipinski definition) is 2. The van der Waals surface area contributed by atoms with Gasteiger partial charge in [0, 0.05) is 46.6 Å². The van der Waals surface area contributed by atoms with Crippen molar-refractivity contribution in [2.45, 2.75) is 37.6 Å². The minimum absolute atomic E-state index is 0.671. The van der Waals surface area contributed by atoms with Gasteiger partial charge in [0.2, 0.25) is 0 Å². The Morgan fingerprint density at radius 1 is 1.16 bits per heavy atom. The number of aromatic nitrogens is 4. The van der Waals surface area contributed by atoms with Gasteiger partial charge in [-0.3, -0.25) is 0 Å². The molecule has 0 aromatic carbocycles. The number of fused-ring (bicyclic) bond motifs is 2. The second-order valence-corrected chi connectivity index (χ2v) is 9.02. The van der Waals surface area contributed by atoms with E-state index in [1.54, 1.807) is 0 Å². The van der Waals surface area contributed by atoms with Crippen LogP contribution in [0.15, 0.2) is 49.4 Å². The lowest BCUT2D eigenvalue weighted by atomic mass is 10.1. The van der Waals surface area contributed by atoms with Crippen LogP contribution in [0.1, 0.15) is 42.9 Å². The number of pyridine rings is 2. The average Bonchev–Trinajstić information content (AvgIpc) is 3.47. The fourth-order valence-electron chi connectivity index (χ4n) is 4.49. The monoisotopic (exact) mass is 428 g/mol. The van der Waals surface area contributed by atoms with Crippen LogP contribution >= 0.6 is 0 Å². The molecule has 4 aromatic rings. The fourth-order valence-corrected chi connectivity index (χ4v) is 4.49. The first-order chi connectivity index (χ1) is 15.7. The summed E-state index contributed by atoms with van der Waals surface area (Å²) in [6.07, 6.45) is 12.9. The lowest BCUT2D eigenvalue weighted by Gasteiger charge is -2.28. The highest BCUT2D eigenvalue weighted by Gasteiger charge is 2.25. The number of nitrogens with zero attached hydrogens (tertiary/aromatic N) is 4. The minimum atomic E-state index is 0.671. The molecule has 1 aliphatic heterocycles. The van der Waals surface area contributed by atoms with Crippen LogP contribution in [0.3, 0.4) is 0 Å². The number of H-pyrrole nitrogens is 1. The zero-order valence-electron chi connectivity index (χ0n) is 19.0. The molecule has 5 heterocycles. The van der Waals surface area contributed by atoms with Gasteiger partial charge in [-0.25, -0.2) is 9.50 Å². The van der Waals surface area contributed by atoms with Crippen LogP contribution in [0.25, 0.3) is 33.8 Å². The molecule has 2 aliphatic rings. The summed E-state index contributed by atoms with van der Waals surface area (Å²) in [7, 11) is 4.24. The highest BCUT2D eigenvalue weighted by molar-refractivity contribution is 5.94. The van der Waals surface area contributed by atoms with Crippen LogP contribution < -0.4 is 5.32 Å². The molecule has 6 heteroatoms. The van der Waals surface area contributed by atoms with E-state index in [1.165, 1.54) is 55.4 Å². The number of hydrogen-bond acceptors (Lipinski definition) is 4. The van der Waals surface area contributed by atoms with E-state index in [1.807, 2.05) is 29.2 Å². The molecular formula is C26H32N6. The van der Waals surface area contributed by atoms with E-state index in [0.29, 0.717) is 5.92 Å². The molecule has 1 saturated heterocycles. The van der Waals surface area contributed by atoms with Crippen LogP contribution in [-0.4, -0.2) is 57.7 Å². The minimum Gasteiger partial charge on any atom is -0.346 e. The lowest BCUT2D eigenvalue weighted by molar-refractivity contribution is 0.240. The molecule has 0 spiro atoms. The van der Waals surface area contributed by atoms with E-state index in [0.717, 1.165) is 28.3 Å². The van der Waals surface area contributed by atoms with E-state index >= 15 is 0 Å². The second kappa shape index (κ2) is 8.88. The molecule has 0 atom stereocenters. The van der Waals surface area contributed by atoms with E-state index in [9.17, 15) is 0 Å². The van der Waals surface area contributed by atoms with Crippen molar-refractivity contribution >= 4 is 22.6 Å². The van der Waals surface area contributed by atoms with Crippen LogP contribution in [0, 0.1) is 0 Å². The number of rotatable bonds is 4. The van der Waals surface area contributed by atoms with Crippen molar-refractivity contribution in [2.24, 2.45) is 0 Å². The Morgan fingerprint density at radius 3 is 2.69 bits per heavy atom. The van der Waals surface area contributed by atoms with Crippen molar-refractivity contribution in [3.63, 3.8) is 0 Å². The molecule has 6 nitrogen and oxygen atoms in total. The first-order valence-corrected chi connectivity index (χ1v) is 11.6. The van der Waals surface area contributed by atoms with E-state index in [4.69, 9.17) is 4.98 Å². The van der Waals surface area contributed by atoms with Crippen molar-refractivity contribution in [1.29, 1.82) is 0 Å². The van der Waals surface area contributed by atoms with Crippen molar-refractivity contribution in [1.82, 2.24) is 29.8 Å². The Labute approximate surface area is 189 Å². The third-order valence-electron chi connectivity index (χ3n) is 6.76. The summed E-state index contributed by atoms with van der Waals surface area (Å²) in [6.45, 7) is 6.37. The summed E-state index contributed by atoms with van der Waals surface area (Å²) in [5.74, 6) is 0.671. The maximum atomic E-state index is 4.78. The van der Waals surface area contributed by atoms with Crippen molar-refractivity contribution in [3.8, 4) is 11.1 Å². The number of piperidine rings is 1. The van der Waals surface area contributed by atoms with Gasteiger partial charge in [0.1, 0.15) is 5.65 Å². The van der Waals surface area contributed by atoms with Crippen LogP contribution in [0.4, 0.5) is 0 Å². The van der Waals surface area contributed by atoms with Gasteiger partial charge >= 0.3 is 0 Å². The van der Waals surface area contributed by atoms with Gasteiger partial charge in [0.25, 0.3) is 0 Å². The Bertz CT molecular complexity index is 1220. The molecule has 4 aromatic heterocycles. The molecule has 166 valence electrons. The standard InChI is InChI=1S/C19H16N4.C7H16N2/c1-2-12-10-21-23-8-7-14(9-18(12)23)16-11-20-19-15(16)5-6-17(22-19)13-3-4-13;1-8-7-3-5-9(2)6-4-7/h2,5-11,13H,1,3-4H2,(H,20,22);7-8H,3-6H2,1-2H3. The molecule has 0 radical (unpaired) electrons. The van der Waals surface area contributed by atoms with Gasteiger partial charge in [-0.2, -0.15) is 5.10 Å². The molecule has 2 N–H and O–H groups in total. The third-order valence-corrected chi connectivity index (χ3v) is 6.76. The summed E-state index contributed by atoms with van der Waals surface area (Å²) in [5, 5.41) is 8.80. The molecule has 0 unspecified atom stereocenters.